The largest absolute Gasteiger partial charge is 0.466 e. The summed E-state index contributed by atoms with van der Waals surface area (Å²) in [6.45, 7) is 6.92. The summed E-state index contributed by atoms with van der Waals surface area (Å²) >= 11 is 6.87. The zero-order valence-electron chi connectivity index (χ0n) is 21.4. The number of carboxylic acid groups (broad SMARTS) is 1. The lowest BCUT2D eigenvalue weighted by Crippen LogP contribution is -2.58. The fourth-order valence-electron chi connectivity index (χ4n) is 5.23. The minimum Gasteiger partial charge on any atom is -0.466 e. The number of benzene rings is 1. The summed E-state index contributed by atoms with van der Waals surface area (Å²) in [6.07, 6.45) is 2.77. The van der Waals surface area contributed by atoms with E-state index in [1.807, 2.05) is 52.2 Å². The number of hydrogen-bond acceptors (Lipinski definition) is 7. The lowest BCUT2D eigenvalue weighted by Gasteiger charge is -2.44. The van der Waals surface area contributed by atoms with Crippen molar-refractivity contribution in [2.75, 3.05) is 31.9 Å². The number of aryl methyl sites for hydroxylation is 2. The Bertz CT molecular complexity index is 1490. The van der Waals surface area contributed by atoms with Gasteiger partial charge in [0.2, 0.25) is 0 Å². The molecule has 1 aliphatic heterocycles. The van der Waals surface area contributed by atoms with Crippen molar-refractivity contribution >= 4 is 45.3 Å². The molecule has 4 heterocycles. The molecule has 0 aliphatic carbocycles. The third kappa shape index (κ3) is 4.40. The molecule has 1 N–H and O–H groups in total. The van der Waals surface area contributed by atoms with Gasteiger partial charge in [0.25, 0.3) is 0 Å². The Balaban J connectivity index is 1.55. The fraction of sp³-hybridized carbons (Fsp3) is 0.385. The molecule has 2 atom stereocenters. The molecule has 5 rings (SSSR count). The van der Waals surface area contributed by atoms with Gasteiger partial charge in [-0.25, -0.2) is 14.8 Å². The highest BCUT2D eigenvalue weighted by atomic mass is 35.5. The van der Waals surface area contributed by atoms with Gasteiger partial charge in [-0.05, 0) is 39.0 Å². The summed E-state index contributed by atoms with van der Waals surface area (Å²) < 4.78 is 12.9. The summed E-state index contributed by atoms with van der Waals surface area (Å²) in [6, 6.07) is 5.48. The van der Waals surface area contributed by atoms with Crippen LogP contribution in [0.15, 0.2) is 30.6 Å². The number of fused-ring (bicyclic) bond motifs is 2. The Kier molecular flexibility index (Phi) is 6.55. The van der Waals surface area contributed by atoms with Crippen LogP contribution in [0.2, 0.25) is 5.02 Å². The monoisotopic (exact) mass is 524 g/mol. The SMILES string of the molecule is COCOc1c(-c2ccc3c(Cl)c(N4C[C@H](C)N(C(=O)O)[C@@H](C)C4)cnc3n2)cc2cn(C)nc2c1C. The van der Waals surface area contributed by atoms with Gasteiger partial charge in [-0.2, -0.15) is 5.10 Å². The third-order valence-corrected chi connectivity index (χ3v) is 7.22. The van der Waals surface area contributed by atoms with Crippen molar-refractivity contribution in [3.05, 3.63) is 41.2 Å². The number of amides is 1. The number of aromatic nitrogens is 4. The van der Waals surface area contributed by atoms with E-state index in [1.54, 1.807) is 18.0 Å². The standard InChI is InChI=1S/C26H29ClN6O4/c1-14-10-32(11-15(2)33(14)26(34)35)21-9-28-25-18(22(21)27)6-7-20(29-25)19-8-17-12-31(4)30-23(17)16(3)24(19)37-13-36-5/h6-9,12,14-15H,10-11,13H2,1-5H3,(H,34,35)/t14-,15-/m0/s1. The molecule has 0 radical (unpaired) electrons. The van der Waals surface area contributed by atoms with Crippen molar-refractivity contribution in [3.63, 3.8) is 0 Å². The zero-order valence-corrected chi connectivity index (χ0v) is 22.2. The summed E-state index contributed by atoms with van der Waals surface area (Å²) in [5.74, 6) is 0.655. The highest BCUT2D eigenvalue weighted by Gasteiger charge is 2.34. The summed E-state index contributed by atoms with van der Waals surface area (Å²) in [5.41, 5.74) is 4.54. The van der Waals surface area contributed by atoms with E-state index in [0.717, 1.165) is 33.1 Å². The van der Waals surface area contributed by atoms with Gasteiger partial charge in [-0.15, -0.1) is 0 Å². The first-order valence-electron chi connectivity index (χ1n) is 12.0. The summed E-state index contributed by atoms with van der Waals surface area (Å²) in [5, 5.41) is 16.3. The Morgan fingerprint density at radius 3 is 2.65 bits per heavy atom. The van der Waals surface area contributed by atoms with Crippen LogP contribution in [-0.2, 0) is 11.8 Å². The van der Waals surface area contributed by atoms with Crippen LogP contribution in [0.3, 0.4) is 0 Å². The number of pyridine rings is 2. The van der Waals surface area contributed by atoms with E-state index in [-0.39, 0.29) is 18.9 Å². The number of methoxy groups -OCH3 is 1. The summed E-state index contributed by atoms with van der Waals surface area (Å²) in [7, 11) is 3.46. The maximum absolute atomic E-state index is 11.6. The molecule has 4 aromatic rings. The molecule has 3 aromatic heterocycles. The second kappa shape index (κ2) is 9.68. The molecule has 1 saturated heterocycles. The number of hydrogen-bond donors (Lipinski definition) is 1. The molecule has 10 nitrogen and oxygen atoms in total. The second-order valence-corrected chi connectivity index (χ2v) is 9.87. The van der Waals surface area contributed by atoms with Crippen molar-refractivity contribution < 1.29 is 19.4 Å². The van der Waals surface area contributed by atoms with Crippen LogP contribution in [0.1, 0.15) is 19.4 Å². The van der Waals surface area contributed by atoms with Gasteiger partial charge in [0.1, 0.15) is 5.75 Å². The van der Waals surface area contributed by atoms with E-state index in [0.29, 0.717) is 35.2 Å². The Labute approximate surface area is 219 Å². The highest BCUT2D eigenvalue weighted by Crippen LogP contribution is 2.39. The van der Waals surface area contributed by atoms with Crippen molar-refractivity contribution in [2.24, 2.45) is 7.05 Å². The topological polar surface area (TPSA) is 106 Å². The molecule has 1 amide bonds. The molecule has 1 aromatic carbocycles. The number of anilines is 1. The average Bonchev–Trinajstić information content (AvgIpc) is 3.23. The van der Waals surface area contributed by atoms with E-state index >= 15 is 0 Å². The minimum atomic E-state index is -0.910. The van der Waals surface area contributed by atoms with Gasteiger partial charge in [0.05, 0.1) is 40.2 Å². The van der Waals surface area contributed by atoms with E-state index < -0.39 is 6.09 Å². The molecule has 0 saturated carbocycles. The molecule has 1 fully saturated rings. The molecule has 11 heteroatoms. The van der Waals surface area contributed by atoms with E-state index in [9.17, 15) is 9.90 Å². The van der Waals surface area contributed by atoms with Gasteiger partial charge in [-0.1, -0.05) is 11.6 Å². The predicted octanol–water partition coefficient (Wildman–Crippen LogP) is 4.71. The number of ether oxygens (including phenoxy) is 2. The van der Waals surface area contributed by atoms with E-state index in [4.69, 9.17) is 26.1 Å². The van der Waals surface area contributed by atoms with E-state index in [2.05, 4.69) is 15.0 Å². The highest BCUT2D eigenvalue weighted by molar-refractivity contribution is 6.37. The molecule has 1 aliphatic rings. The first-order valence-corrected chi connectivity index (χ1v) is 12.4. The third-order valence-electron chi connectivity index (χ3n) is 6.82. The normalized spacial score (nSPS) is 18.1. The van der Waals surface area contributed by atoms with Crippen LogP contribution in [0, 0.1) is 6.92 Å². The Morgan fingerprint density at radius 2 is 1.97 bits per heavy atom. The molecular formula is C26H29ClN6O4. The quantitative estimate of drug-likeness (QED) is 0.374. The second-order valence-electron chi connectivity index (χ2n) is 9.49. The minimum absolute atomic E-state index is 0.0964. The van der Waals surface area contributed by atoms with Crippen LogP contribution < -0.4 is 9.64 Å². The zero-order chi connectivity index (χ0) is 26.4. The lowest BCUT2D eigenvalue weighted by atomic mass is 10.0. The molecular weight excluding hydrogens is 496 g/mol. The maximum Gasteiger partial charge on any atom is 0.407 e. The summed E-state index contributed by atoms with van der Waals surface area (Å²) in [4.78, 5) is 24.7. The van der Waals surface area contributed by atoms with Crippen LogP contribution in [0.25, 0.3) is 33.2 Å². The molecule has 194 valence electrons. The molecule has 0 bridgehead atoms. The molecule has 0 unspecified atom stereocenters. The first kappa shape index (κ1) is 25.0. The van der Waals surface area contributed by atoms with Crippen LogP contribution in [0.5, 0.6) is 5.75 Å². The lowest BCUT2D eigenvalue weighted by molar-refractivity contribution is 0.0511. The van der Waals surface area contributed by atoms with Crippen LogP contribution >= 0.6 is 11.6 Å². The predicted molar refractivity (Wildman–Crippen MR) is 142 cm³/mol. The number of rotatable bonds is 5. The van der Waals surface area contributed by atoms with Crippen molar-refractivity contribution in [1.82, 2.24) is 24.6 Å². The average molecular weight is 525 g/mol. The van der Waals surface area contributed by atoms with Crippen LogP contribution in [0.4, 0.5) is 10.5 Å². The number of halogens is 1. The first-order chi connectivity index (χ1) is 17.7. The van der Waals surface area contributed by atoms with Gasteiger partial charge >= 0.3 is 6.09 Å². The molecule has 37 heavy (non-hydrogen) atoms. The smallest absolute Gasteiger partial charge is 0.407 e. The van der Waals surface area contributed by atoms with Crippen molar-refractivity contribution in [2.45, 2.75) is 32.9 Å². The Hall–Kier alpha value is -3.63. The van der Waals surface area contributed by atoms with E-state index in [1.165, 1.54) is 4.90 Å². The Morgan fingerprint density at radius 1 is 1.24 bits per heavy atom. The van der Waals surface area contributed by atoms with Gasteiger partial charge < -0.3 is 19.5 Å². The van der Waals surface area contributed by atoms with Crippen LogP contribution in [-0.4, -0.2) is 74.9 Å². The number of piperazine rings is 1. The van der Waals surface area contributed by atoms with Crippen molar-refractivity contribution in [1.29, 1.82) is 0 Å². The van der Waals surface area contributed by atoms with Gasteiger partial charge in [-0.3, -0.25) is 9.58 Å². The maximum atomic E-state index is 11.6. The van der Waals surface area contributed by atoms with Gasteiger partial charge in [0, 0.05) is 55.3 Å². The number of carbonyl (C=O) groups is 1. The fourth-order valence-corrected chi connectivity index (χ4v) is 5.55. The van der Waals surface area contributed by atoms with Gasteiger partial charge in [0.15, 0.2) is 12.4 Å². The van der Waals surface area contributed by atoms with Crippen molar-refractivity contribution in [3.8, 4) is 17.0 Å². The molecule has 0 spiro atoms. The number of nitrogens with zero attached hydrogens (tertiary/aromatic N) is 6.